The molecule has 0 aromatic carbocycles. The molecule has 4 heteroatoms. The van der Waals surface area contributed by atoms with Gasteiger partial charge < -0.3 is 15.3 Å². The number of rotatable bonds is 2. The summed E-state index contributed by atoms with van der Waals surface area (Å²) in [5, 5.41) is 14.2. The number of hydrogen-bond donors (Lipinski definition) is 2. The van der Waals surface area contributed by atoms with Gasteiger partial charge in [-0.3, -0.25) is 4.79 Å². The summed E-state index contributed by atoms with van der Waals surface area (Å²) in [7, 11) is 0. The zero-order valence-corrected chi connectivity index (χ0v) is 12.7. The predicted molar refractivity (Wildman–Crippen MR) is 78.4 cm³/mol. The summed E-state index contributed by atoms with van der Waals surface area (Å²) in [6.45, 7) is 4.56. The average Bonchev–Trinajstić information content (AvgIpc) is 2.95. The van der Waals surface area contributed by atoms with Crippen molar-refractivity contribution < 1.29 is 9.90 Å². The molecule has 3 aliphatic rings. The summed E-state index contributed by atoms with van der Waals surface area (Å²) in [5.41, 5.74) is -0.804. The van der Waals surface area contributed by atoms with Crippen LogP contribution in [0.25, 0.3) is 0 Å². The van der Waals surface area contributed by atoms with Crippen molar-refractivity contribution in [3.8, 4) is 0 Å². The van der Waals surface area contributed by atoms with E-state index in [0.29, 0.717) is 5.92 Å². The van der Waals surface area contributed by atoms with Gasteiger partial charge in [-0.15, -0.1) is 0 Å². The van der Waals surface area contributed by atoms with E-state index < -0.39 is 5.60 Å². The fourth-order valence-electron chi connectivity index (χ4n) is 4.50. The largest absolute Gasteiger partial charge is 0.389 e. The van der Waals surface area contributed by atoms with Gasteiger partial charge in [0.25, 0.3) is 0 Å². The molecule has 0 aromatic rings. The van der Waals surface area contributed by atoms with Crippen molar-refractivity contribution in [2.24, 2.45) is 5.92 Å². The summed E-state index contributed by atoms with van der Waals surface area (Å²) in [6.07, 6.45) is 8.05. The van der Waals surface area contributed by atoms with E-state index in [1.807, 2.05) is 4.90 Å². The van der Waals surface area contributed by atoms with Crippen LogP contribution in [0.15, 0.2) is 0 Å². The number of likely N-dealkylation sites (tertiary alicyclic amines) is 1. The maximum atomic E-state index is 12.9. The molecule has 2 heterocycles. The lowest BCUT2D eigenvalue weighted by Crippen LogP contribution is -2.61. The molecule has 1 amide bonds. The molecule has 114 valence electrons. The number of nitrogens with zero attached hydrogens (tertiary/aromatic N) is 1. The summed E-state index contributed by atoms with van der Waals surface area (Å²) >= 11 is 0. The van der Waals surface area contributed by atoms with Gasteiger partial charge in [0.05, 0.1) is 11.1 Å². The molecule has 4 nitrogen and oxygen atoms in total. The van der Waals surface area contributed by atoms with Crippen LogP contribution in [0.2, 0.25) is 0 Å². The molecular formula is C16H28N2O2. The molecule has 3 fully saturated rings. The van der Waals surface area contributed by atoms with Crippen molar-refractivity contribution >= 4 is 5.91 Å². The van der Waals surface area contributed by atoms with E-state index in [1.165, 1.54) is 6.42 Å². The van der Waals surface area contributed by atoms with Gasteiger partial charge in [0, 0.05) is 19.0 Å². The van der Waals surface area contributed by atoms with Crippen molar-refractivity contribution in [1.82, 2.24) is 10.2 Å². The Balaban J connectivity index is 1.71. The van der Waals surface area contributed by atoms with Gasteiger partial charge in [-0.05, 0) is 45.1 Å². The Kier molecular flexibility index (Phi) is 3.80. The first-order valence-corrected chi connectivity index (χ1v) is 8.36. The maximum Gasteiger partial charge on any atom is 0.242 e. The molecule has 20 heavy (non-hydrogen) atoms. The molecule has 3 unspecified atom stereocenters. The number of nitrogens with one attached hydrogen (secondary N) is 1. The van der Waals surface area contributed by atoms with E-state index in [9.17, 15) is 9.90 Å². The molecule has 2 saturated heterocycles. The third-order valence-corrected chi connectivity index (χ3v) is 5.97. The molecule has 3 atom stereocenters. The Morgan fingerprint density at radius 2 is 2.15 bits per heavy atom. The van der Waals surface area contributed by atoms with Crippen LogP contribution in [0.4, 0.5) is 0 Å². The van der Waals surface area contributed by atoms with E-state index in [4.69, 9.17) is 0 Å². The molecule has 2 N–H and O–H groups in total. The molecule has 1 saturated carbocycles. The number of carbonyl (C=O) groups is 1. The molecule has 0 aromatic heterocycles. The van der Waals surface area contributed by atoms with Crippen LogP contribution in [0, 0.1) is 5.92 Å². The van der Waals surface area contributed by atoms with E-state index >= 15 is 0 Å². The fourth-order valence-corrected chi connectivity index (χ4v) is 4.50. The highest BCUT2D eigenvalue weighted by atomic mass is 16.3. The van der Waals surface area contributed by atoms with E-state index in [-0.39, 0.29) is 11.4 Å². The number of carbonyl (C=O) groups excluding carboxylic acids is 1. The number of aliphatic hydroxyl groups is 1. The summed E-state index contributed by atoms with van der Waals surface area (Å²) in [6, 6.07) is 0. The zero-order chi connectivity index (χ0) is 14.2. The summed E-state index contributed by atoms with van der Waals surface area (Å²) < 4.78 is 0. The van der Waals surface area contributed by atoms with Crippen LogP contribution >= 0.6 is 0 Å². The maximum absolute atomic E-state index is 12.9. The lowest BCUT2D eigenvalue weighted by molar-refractivity contribution is -0.149. The third-order valence-electron chi connectivity index (χ3n) is 5.97. The topological polar surface area (TPSA) is 52.6 Å². The second kappa shape index (κ2) is 5.30. The minimum atomic E-state index is -0.489. The van der Waals surface area contributed by atoms with Crippen molar-refractivity contribution in [3.05, 3.63) is 0 Å². The minimum Gasteiger partial charge on any atom is -0.389 e. The van der Waals surface area contributed by atoms with Gasteiger partial charge in [0.2, 0.25) is 5.91 Å². The van der Waals surface area contributed by atoms with Crippen LogP contribution in [-0.4, -0.2) is 46.7 Å². The standard InChI is InChI=1S/C16H28N2O2/c1-2-15(7-5-10-17-15)14(19)18-11-9-16(20)8-4-3-6-13(16)12-18/h13,17,20H,2-12H2,1H3. The van der Waals surface area contributed by atoms with Crippen molar-refractivity contribution in [1.29, 1.82) is 0 Å². The number of amides is 1. The van der Waals surface area contributed by atoms with Crippen LogP contribution in [-0.2, 0) is 4.79 Å². The summed E-state index contributed by atoms with van der Waals surface area (Å²) in [4.78, 5) is 14.9. The molecule has 3 rings (SSSR count). The van der Waals surface area contributed by atoms with Crippen molar-refractivity contribution in [3.63, 3.8) is 0 Å². The van der Waals surface area contributed by atoms with Crippen molar-refractivity contribution in [2.75, 3.05) is 19.6 Å². The van der Waals surface area contributed by atoms with Crippen LogP contribution in [0.5, 0.6) is 0 Å². The zero-order valence-electron chi connectivity index (χ0n) is 12.7. The fraction of sp³-hybridized carbons (Fsp3) is 0.938. The van der Waals surface area contributed by atoms with Gasteiger partial charge in [-0.25, -0.2) is 0 Å². The first-order valence-electron chi connectivity index (χ1n) is 8.36. The SMILES string of the molecule is CCC1(C(=O)N2CCC3(O)CCCCC3C2)CCCN1. The molecule has 2 aliphatic heterocycles. The van der Waals surface area contributed by atoms with E-state index in [1.54, 1.807) is 0 Å². The normalized spacial score (nSPS) is 41.5. The molecule has 0 spiro atoms. The van der Waals surface area contributed by atoms with Gasteiger partial charge in [-0.2, -0.15) is 0 Å². The Morgan fingerprint density at radius 1 is 1.30 bits per heavy atom. The van der Waals surface area contributed by atoms with Gasteiger partial charge in [0.1, 0.15) is 0 Å². The first kappa shape index (κ1) is 14.3. The second-order valence-corrected chi connectivity index (χ2v) is 7.01. The molecular weight excluding hydrogens is 252 g/mol. The molecule has 1 aliphatic carbocycles. The Bertz CT molecular complexity index is 379. The average molecular weight is 280 g/mol. The number of piperidine rings is 1. The van der Waals surface area contributed by atoms with Gasteiger partial charge in [0.15, 0.2) is 0 Å². The van der Waals surface area contributed by atoms with Gasteiger partial charge in [-0.1, -0.05) is 19.8 Å². The lowest BCUT2D eigenvalue weighted by Gasteiger charge is -2.49. The predicted octanol–water partition coefficient (Wildman–Crippen LogP) is 1.67. The summed E-state index contributed by atoms with van der Waals surface area (Å²) in [5.74, 6) is 0.578. The quantitative estimate of drug-likeness (QED) is 0.809. The Morgan fingerprint density at radius 3 is 2.85 bits per heavy atom. The van der Waals surface area contributed by atoms with Crippen molar-refractivity contribution in [2.45, 2.75) is 69.4 Å². The number of fused-ring (bicyclic) bond motifs is 1. The Hall–Kier alpha value is -0.610. The highest BCUT2D eigenvalue weighted by Gasteiger charge is 2.48. The van der Waals surface area contributed by atoms with Gasteiger partial charge >= 0.3 is 0 Å². The Labute approximate surface area is 121 Å². The monoisotopic (exact) mass is 280 g/mol. The van der Waals surface area contributed by atoms with E-state index in [2.05, 4.69) is 12.2 Å². The highest BCUT2D eigenvalue weighted by Crippen LogP contribution is 2.40. The van der Waals surface area contributed by atoms with E-state index in [0.717, 1.165) is 64.6 Å². The second-order valence-electron chi connectivity index (χ2n) is 7.01. The lowest BCUT2D eigenvalue weighted by atomic mass is 9.71. The van der Waals surface area contributed by atoms with Crippen LogP contribution in [0.3, 0.4) is 0 Å². The van der Waals surface area contributed by atoms with Crippen LogP contribution < -0.4 is 5.32 Å². The number of hydrogen-bond acceptors (Lipinski definition) is 3. The molecule has 0 bridgehead atoms. The minimum absolute atomic E-state index is 0.283. The third kappa shape index (κ3) is 2.27. The molecule has 0 radical (unpaired) electrons. The highest BCUT2D eigenvalue weighted by molar-refractivity contribution is 5.86. The smallest absolute Gasteiger partial charge is 0.242 e. The first-order chi connectivity index (χ1) is 9.60. The van der Waals surface area contributed by atoms with Crippen LogP contribution in [0.1, 0.15) is 58.3 Å².